The summed E-state index contributed by atoms with van der Waals surface area (Å²) in [6, 6.07) is 0. The minimum Gasteiger partial charge on any atom is -0.465 e. The number of esters is 1. The van der Waals surface area contributed by atoms with E-state index in [1.54, 1.807) is 6.92 Å². The van der Waals surface area contributed by atoms with Crippen molar-refractivity contribution in [3.8, 4) is 0 Å². The van der Waals surface area contributed by atoms with Crippen LogP contribution >= 0.6 is 7.60 Å². The van der Waals surface area contributed by atoms with E-state index in [4.69, 9.17) is 14.9 Å². The van der Waals surface area contributed by atoms with Crippen LogP contribution in [0.1, 0.15) is 13.8 Å². The average molecular weight is 257 g/mol. The van der Waals surface area contributed by atoms with E-state index in [0.717, 1.165) is 0 Å². The topological polar surface area (TPSA) is 117 Å². The lowest BCUT2D eigenvalue weighted by atomic mass is 10.6. The molecular weight excluding hydrogens is 241 g/mol. The van der Waals surface area contributed by atoms with Gasteiger partial charge in [0.05, 0.1) is 6.61 Å². The highest BCUT2D eigenvalue weighted by atomic mass is 31.2. The van der Waals surface area contributed by atoms with Crippen LogP contribution in [-0.4, -0.2) is 51.7 Å². The van der Waals surface area contributed by atoms with Gasteiger partial charge < -0.3 is 19.6 Å². The zero-order chi connectivity index (χ0) is 12.8. The Balaban J connectivity index is 4.31. The molecule has 0 aromatic heterocycles. The molecule has 0 aliphatic carbocycles. The number of aliphatic hydroxyl groups excluding tert-OH is 1. The van der Waals surface area contributed by atoms with E-state index in [1.807, 2.05) is 0 Å². The number of carbonyl (C=O) groups is 1. The van der Waals surface area contributed by atoms with Crippen LogP contribution < -0.4 is 0 Å². The third-order valence-corrected chi connectivity index (χ3v) is 1.94. The largest absolute Gasteiger partial charge is 0.465 e. The second kappa shape index (κ2) is 6.95. The van der Waals surface area contributed by atoms with Crippen molar-refractivity contribution in [2.24, 2.45) is 0 Å². The standard InChI is InChI=1S/C7H16NO7P/c1-3-14-7(10)4-8(15-6(2)9)5-16(11,12)13/h6,9H,3-5H2,1-2H3,(H2,11,12,13). The van der Waals surface area contributed by atoms with Crippen LogP contribution in [0.2, 0.25) is 0 Å². The lowest BCUT2D eigenvalue weighted by Crippen LogP contribution is -2.34. The average Bonchev–Trinajstić information content (AvgIpc) is 1.98. The van der Waals surface area contributed by atoms with Crippen molar-refractivity contribution >= 4 is 13.6 Å². The summed E-state index contributed by atoms with van der Waals surface area (Å²) in [5, 5.41) is 9.56. The number of hydrogen-bond acceptors (Lipinski definition) is 6. The highest BCUT2D eigenvalue weighted by Crippen LogP contribution is 2.35. The molecule has 0 heterocycles. The molecule has 96 valence electrons. The van der Waals surface area contributed by atoms with Gasteiger partial charge in [-0.25, -0.2) is 0 Å². The van der Waals surface area contributed by atoms with Crippen LogP contribution in [0.5, 0.6) is 0 Å². The van der Waals surface area contributed by atoms with Crippen LogP contribution in [-0.2, 0) is 18.9 Å². The second-order valence-corrected chi connectivity index (χ2v) is 4.57. The van der Waals surface area contributed by atoms with Gasteiger partial charge in [0, 0.05) is 0 Å². The van der Waals surface area contributed by atoms with Crippen molar-refractivity contribution in [3.05, 3.63) is 0 Å². The Bertz CT molecular complexity index is 263. The summed E-state index contributed by atoms with van der Waals surface area (Å²) in [4.78, 5) is 33.1. The summed E-state index contributed by atoms with van der Waals surface area (Å²) >= 11 is 0. The number of ether oxygens (including phenoxy) is 1. The molecule has 1 atom stereocenters. The van der Waals surface area contributed by atoms with Gasteiger partial charge in [0.15, 0.2) is 6.29 Å². The first-order valence-electron chi connectivity index (χ1n) is 4.54. The van der Waals surface area contributed by atoms with Gasteiger partial charge in [-0.2, -0.15) is 5.06 Å². The normalized spacial score (nSPS) is 13.9. The van der Waals surface area contributed by atoms with Crippen molar-refractivity contribution in [2.45, 2.75) is 20.1 Å². The van der Waals surface area contributed by atoms with Gasteiger partial charge in [-0.1, -0.05) is 0 Å². The molecule has 3 N–H and O–H groups in total. The first-order valence-corrected chi connectivity index (χ1v) is 6.34. The summed E-state index contributed by atoms with van der Waals surface area (Å²) < 4.78 is 15.3. The highest BCUT2D eigenvalue weighted by Gasteiger charge is 2.23. The Labute approximate surface area is 92.9 Å². The summed E-state index contributed by atoms with van der Waals surface area (Å²) in [5.41, 5.74) is 0. The number of rotatable bonds is 7. The van der Waals surface area contributed by atoms with Crippen molar-refractivity contribution in [1.29, 1.82) is 0 Å². The molecule has 0 bridgehead atoms. The van der Waals surface area contributed by atoms with Gasteiger partial charge in [-0.15, -0.1) is 0 Å². The molecule has 9 heteroatoms. The van der Waals surface area contributed by atoms with E-state index >= 15 is 0 Å². The molecule has 0 fully saturated rings. The number of carbonyl (C=O) groups excluding carboxylic acids is 1. The molecule has 0 aromatic rings. The Kier molecular flexibility index (Phi) is 6.73. The summed E-state index contributed by atoms with van der Waals surface area (Å²) in [6.07, 6.45) is -2.07. The third kappa shape index (κ3) is 8.78. The Morgan fingerprint density at radius 2 is 2.06 bits per heavy atom. The van der Waals surface area contributed by atoms with Crippen LogP contribution in [0.3, 0.4) is 0 Å². The molecule has 0 amide bonds. The maximum absolute atomic E-state index is 11.0. The fourth-order valence-corrected chi connectivity index (χ4v) is 1.47. The van der Waals surface area contributed by atoms with Crippen molar-refractivity contribution < 1.29 is 33.8 Å². The van der Waals surface area contributed by atoms with Gasteiger partial charge in [-0.05, 0) is 13.8 Å². The van der Waals surface area contributed by atoms with Gasteiger partial charge in [0.2, 0.25) is 0 Å². The van der Waals surface area contributed by atoms with Crippen LogP contribution in [0.15, 0.2) is 0 Å². The molecule has 0 saturated carbocycles. The zero-order valence-corrected chi connectivity index (χ0v) is 9.96. The monoisotopic (exact) mass is 257 g/mol. The molecule has 0 rings (SSSR count). The maximum atomic E-state index is 11.0. The first kappa shape index (κ1) is 15.5. The van der Waals surface area contributed by atoms with E-state index in [2.05, 4.69) is 9.57 Å². The third-order valence-electron chi connectivity index (χ3n) is 1.25. The summed E-state index contributed by atoms with van der Waals surface area (Å²) in [5.74, 6) is -0.698. The maximum Gasteiger partial charge on any atom is 0.341 e. The van der Waals surface area contributed by atoms with Gasteiger partial charge in [0.1, 0.15) is 12.8 Å². The van der Waals surface area contributed by atoms with E-state index in [1.165, 1.54) is 6.92 Å². The first-order chi connectivity index (χ1) is 7.24. The predicted molar refractivity (Wildman–Crippen MR) is 53.0 cm³/mol. The molecule has 0 aliphatic rings. The van der Waals surface area contributed by atoms with Crippen LogP contribution in [0, 0.1) is 0 Å². The number of nitrogens with zero attached hydrogens (tertiary/aromatic N) is 1. The number of aliphatic hydroxyl groups is 1. The minimum absolute atomic E-state index is 0.150. The molecular formula is C7H16NO7P. The van der Waals surface area contributed by atoms with E-state index < -0.39 is 32.7 Å². The molecule has 8 nitrogen and oxygen atoms in total. The van der Waals surface area contributed by atoms with Crippen molar-refractivity contribution in [2.75, 3.05) is 19.4 Å². The molecule has 0 aliphatic heterocycles. The van der Waals surface area contributed by atoms with E-state index in [-0.39, 0.29) is 6.61 Å². The molecule has 1 unspecified atom stereocenters. The number of hydrogen-bond donors (Lipinski definition) is 3. The SMILES string of the molecule is CCOC(=O)CN(CP(=O)(O)O)OC(C)O. The molecule has 16 heavy (non-hydrogen) atoms. The quantitative estimate of drug-likeness (QED) is 0.236. The fraction of sp³-hybridized carbons (Fsp3) is 0.857. The van der Waals surface area contributed by atoms with E-state index in [9.17, 15) is 9.36 Å². The molecule has 0 spiro atoms. The van der Waals surface area contributed by atoms with Gasteiger partial charge >= 0.3 is 13.6 Å². The zero-order valence-electron chi connectivity index (χ0n) is 9.07. The van der Waals surface area contributed by atoms with Crippen molar-refractivity contribution in [3.63, 3.8) is 0 Å². The summed E-state index contributed by atoms with van der Waals surface area (Å²) in [6.45, 7) is 2.53. The van der Waals surface area contributed by atoms with Crippen LogP contribution in [0.25, 0.3) is 0 Å². The molecule has 0 saturated heterocycles. The number of hydroxylamine groups is 2. The molecule has 0 radical (unpaired) electrons. The van der Waals surface area contributed by atoms with Crippen molar-refractivity contribution in [1.82, 2.24) is 5.06 Å². The second-order valence-electron chi connectivity index (χ2n) is 2.96. The highest BCUT2D eigenvalue weighted by molar-refractivity contribution is 7.51. The fourth-order valence-electron chi connectivity index (χ4n) is 0.892. The lowest BCUT2D eigenvalue weighted by Gasteiger charge is -2.22. The smallest absolute Gasteiger partial charge is 0.341 e. The Morgan fingerprint density at radius 1 is 1.50 bits per heavy atom. The van der Waals surface area contributed by atoms with Crippen LogP contribution in [0.4, 0.5) is 0 Å². The minimum atomic E-state index is -4.37. The summed E-state index contributed by atoms with van der Waals surface area (Å²) in [7, 11) is -4.37. The Hall–Kier alpha value is -0.500. The van der Waals surface area contributed by atoms with Gasteiger partial charge in [-0.3, -0.25) is 14.2 Å². The molecule has 0 aromatic carbocycles. The lowest BCUT2D eigenvalue weighted by molar-refractivity contribution is -0.250. The van der Waals surface area contributed by atoms with E-state index in [0.29, 0.717) is 5.06 Å². The predicted octanol–water partition coefficient (Wildman–Crippen LogP) is -0.743. The van der Waals surface area contributed by atoms with Gasteiger partial charge in [0.25, 0.3) is 0 Å². The Morgan fingerprint density at radius 3 is 2.44 bits per heavy atom.